The van der Waals surface area contributed by atoms with Gasteiger partial charge in [-0.05, 0) is 12.3 Å². The minimum atomic E-state index is -4.48. The predicted octanol–water partition coefficient (Wildman–Crippen LogP) is 2.89. The average molecular weight is 200 g/mol. The molecule has 0 rings (SSSR count). The van der Waals surface area contributed by atoms with Crippen LogP contribution in [-0.4, -0.2) is 18.1 Å². The predicted molar refractivity (Wildman–Crippen MR) is 40.0 cm³/mol. The van der Waals surface area contributed by atoms with Crippen LogP contribution in [0.15, 0.2) is 0 Å². The Morgan fingerprint density at radius 2 is 1.77 bits per heavy atom. The van der Waals surface area contributed by atoms with Gasteiger partial charge in [-0.25, -0.2) is 8.78 Å². The maximum atomic E-state index is 12.3. The van der Waals surface area contributed by atoms with E-state index in [-0.39, 0.29) is 12.3 Å². The van der Waals surface area contributed by atoms with Crippen molar-refractivity contribution in [1.29, 1.82) is 0 Å². The summed E-state index contributed by atoms with van der Waals surface area (Å²) in [5, 5.41) is 0. The van der Waals surface area contributed by atoms with Crippen molar-refractivity contribution in [2.75, 3.05) is 0 Å². The highest BCUT2D eigenvalue weighted by Crippen LogP contribution is 2.26. The average Bonchev–Trinajstić information content (AvgIpc) is 1.99. The fourth-order valence-corrected chi connectivity index (χ4v) is 0.708. The highest BCUT2D eigenvalue weighted by atomic mass is 19.3. The van der Waals surface area contributed by atoms with Crippen LogP contribution >= 0.6 is 0 Å². The molecule has 0 bridgehead atoms. The van der Waals surface area contributed by atoms with Gasteiger partial charge in [0, 0.05) is 6.42 Å². The summed E-state index contributed by atoms with van der Waals surface area (Å²) < 4.78 is 47.8. The number of hydrogen-bond donors (Lipinski definition) is 0. The summed E-state index contributed by atoms with van der Waals surface area (Å²) in [7, 11) is 0. The van der Waals surface area contributed by atoms with Gasteiger partial charge >= 0.3 is 12.3 Å². The van der Waals surface area contributed by atoms with Gasteiger partial charge in [-0.3, -0.25) is 4.79 Å². The lowest BCUT2D eigenvalue weighted by atomic mass is 10.0. The van der Waals surface area contributed by atoms with E-state index in [9.17, 15) is 22.4 Å². The Morgan fingerprint density at radius 3 is 2.08 bits per heavy atom. The van der Waals surface area contributed by atoms with E-state index in [0.717, 1.165) is 0 Å². The third-order valence-corrected chi connectivity index (χ3v) is 1.59. The molecule has 0 aromatic carbocycles. The number of alkyl halides is 4. The number of Topliss-reactive ketones (excluding diaryl/α,β-unsaturated/α-hetero) is 1. The Hall–Kier alpha value is -0.610. The monoisotopic (exact) mass is 200 g/mol. The van der Waals surface area contributed by atoms with E-state index in [2.05, 4.69) is 0 Å². The van der Waals surface area contributed by atoms with Crippen molar-refractivity contribution < 1.29 is 22.4 Å². The van der Waals surface area contributed by atoms with Gasteiger partial charge in [0.2, 0.25) is 5.78 Å². The number of hydrogen-bond acceptors (Lipinski definition) is 1. The van der Waals surface area contributed by atoms with Crippen LogP contribution in [-0.2, 0) is 4.79 Å². The molecule has 0 aliphatic heterocycles. The Labute approximate surface area is 74.1 Å². The van der Waals surface area contributed by atoms with Crippen molar-refractivity contribution >= 4 is 5.78 Å². The second kappa shape index (κ2) is 4.58. The third kappa shape index (κ3) is 3.74. The second-order valence-electron chi connectivity index (χ2n) is 3.28. The zero-order valence-electron chi connectivity index (χ0n) is 7.49. The topological polar surface area (TPSA) is 17.1 Å². The fourth-order valence-electron chi connectivity index (χ4n) is 0.708. The summed E-state index contributed by atoms with van der Waals surface area (Å²) in [6, 6.07) is 0. The largest absolute Gasteiger partial charge is 0.364 e. The molecule has 0 aromatic heterocycles. The number of halogens is 4. The molecule has 0 unspecified atom stereocenters. The highest BCUT2D eigenvalue weighted by molar-refractivity contribution is 5.85. The molecule has 0 heterocycles. The van der Waals surface area contributed by atoms with Gasteiger partial charge in [0.15, 0.2) is 0 Å². The quantitative estimate of drug-likeness (QED) is 0.623. The van der Waals surface area contributed by atoms with Crippen molar-refractivity contribution in [1.82, 2.24) is 0 Å². The van der Waals surface area contributed by atoms with Crippen LogP contribution in [0.1, 0.15) is 26.7 Å². The molecule has 78 valence electrons. The first kappa shape index (κ1) is 12.4. The smallest absolute Gasteiger partial charge is 0.293 e. The van der Waals surface area contributed by atoms with Gasteiger partial charge in [0.25, 0.3) is 0 Å². The Bertz CT molecular complexity index is 177. The van der Waals surface area contributed by atoms with E-state index in [1.54, 1.807) is 13.8 Å². The van der Waals surface area contributed by atoms with Crippen molar-refractivity contribution in [2.24, 2.45) is 5.92 Å². The molecule has 0 aliphatic carbocycles. The van der Waals surface area contributed by atoms with Crippen molar-refractivity contribution in [3.8, 4) is 0 Å². The van der Waals surface area contributed by atoms with E-state index in [4.69, 9.17) is 0 Å². The third-order valence-electron chi connectivity index (χ3n) is 1.59. The standard InChI is InChI=1S/C8H12F4O/c1-5(2)3-4-6(13)8(11,12)7(9)10/h5,7H,3-4H2,1-2H3. The maximum absolute atomic E-state index is 12.3. The van der Waals surface area contributed by atoms with Crippen molar-refractivity contribution in [2.45, 2.75) is 39.0 Å². The molecular weight excluding hydrogens is 188 g/mol. The van der Waals surface area contributed by atoms with Crippen LogP contribution in [0.5, 0.6) is 0 Å². The molecule has 1 nitrogen and oxygen atoms in total. The molecule has 0 amide bonds. The first-order valence-corrected chi connectivity index (χ1v) is 3.97. The van der Waals surface area contributed by atoms with Gasteiger partial charge in [0.1, 0.15) is 0 Å². The van der Waals surface area contributed by atoms with Crippen molar-refractivity contribution in [3.63, 3.8) is 0 Å². The number of carbonyl (C=O) groups excluding carboxylic acids is 1. The summed E-state index contributed by atoms with van der Waals surface area (Å²) in [6.45, 7) is 3.46. The van der Waals surface area contributed by atoms with E-state index in [1.807, 2.05) is 0 Å². The zero-order valence-corrected chi connectivity index (χ0v) is 7.49. The molecule has 0 aliphatic rings. The molecule has 0 radical (unpaired) electrons. The lowest BCUT2D eigenvalue weighted by molar-refractivity contribution is -0.167. The van der Waals surface area contributed by atoms with Crippen molar-refractivity contribution in [3.05, 3.63) is 0 Å². The highest BCUT2D eigenvalue weighted by Gasteiger charge is 2.47. The number of ketones is 1. The van der Waals surface area contributed by atoms with Crippen LogP contribution in [0.2, 0.25) is 0 Å². The van der Waals surface area contributed by atoms with E-state index in [1.165, 1.54) is 0 Å². The van der Waals surface area contributed by atoms with Gasteiger partial charge in [-0.15, -0.1) is 0 Å². The van der Waals surface area contributed by atoms with Crippen LogP contribution in [0.3, 0.4) is 0 Å². The first-order valence-electron chi connectivity index (χ1n) is 3.97. The van der Waals surface area contributed by atoms with Gasteiger partial charge in [0.05, 0.1) is 0 Å². The summed E-state index contributed by atoms with van der Waals surface area (Å²) >= 11 is 0. The minimum Gasteiger partial charge on any atom is -0.293 e. The number of carbonyl (C=O) groups is 1. The van der Waals surface area contributed by atoms with Gasteiger partial charge in [-0.2, -0.15) is 8.78 Å². The lowest BCUT2D eigenvalue weighted by Crippen LogP contribution is -2.36. The molecule has 0 saturated heterocycles. The van der Waals surface area contributed by atoms with Gasteiger partial charge in [-0.1, -0.05) is 13.8 Å². The molecule has 0 spiro atoms. The summed E-state index contributed by atoms with van der Waals surface area (Å²) in [4.78, 5) is 10.6. The molecule has 0 saturated carbocycles. The van der Waals surface area contributed by atoms with Crippen LogP contribution in [0, 0.1) is 5.92 Å². The Morgan fingerprint density at radius 1 is 1.31 bits per heavy atom. The van der Waals surface area contributed by atoms with Crippen LogP contribution in [0.4, 0.5) is 17.6 Å². The molecule has 0 fully saturated rings. The van der Waals surface area contributed by atoms with E-state index < -0.39 is 24.6 Å². The number of rotatable bonds is 5. The zero-order chi connectivity index (χ0) is 10.6. The fraction of sp³-hybridized carbons (Fsp3) is 0.875. The summed E-state index contributed by atoms with van der Waals surface area (Å²) in [5.41, 5.74) is 0. The molecular formula is C8H12F4O. The van der Waals surface area contributed by atoms with Gasteiger partial charge < -0.3 is 0 Å². The molecule has 0 atom stereocenters. The Kier molecular flexibility index (Phi) is 4.36. The summed E-state index contributed by atoms with van der Waals surface area (Å²) in [6.07, 6.45) is -4.18. The molecule has 0 N–H and O–H groups in total. The molecule has 5 heteroatoms. The summed E-state index contributed by atoms with van der Waals surface area (Å²) in [5.74, 6) is -6.09. The SMILES string of the molecule is CC(C)CCC(=O)C(F)(F)C(F)F. The maximum Gasteiger partial charge on any atom is 0.364 e. The molecule has 0 aromatic rings. The molecule has 13 heavy (non-hydrogen) atoms. The second-order valence-corrected chi connectivity index (χ2v) is 3.28. The van der Waals surface area contributed by atoms with Crippen LogP contribution in [0.25, 0.3) is 0 Å². The van der Waals surface area contributed by atoms with E-state index in [0.29, 0.717) is 0 Å². The minimum absolute atomic E-state index is 0.0532. The van der Waals surface area contributed by atoms with E-state index >= 15 is 0 Å². The lowest BCUT2D eigenvalue weighted by Gasteiger charge is -2.13. The first-order chi connectivity index (χ1) is 5.78. The normalized spacial score (nSPS) is 12.6. The Balaban J connectivity index is 4.10. The van der Waals surface area contributed by atoms with Crippen LogP contribution < -0.4 is 0 Å².